The van der Waals surface area contributed by atoms with E-state index in [1.165, 1.54) is 34.6 Å². The highest BCUT2D eigenvalue weighted by Crippen LogP contribution is 2.40. The Hall–Kier alpha value is -1.24. The molecule has 0 aliphatic carbocycles. The van der Waals surface area contributed by atoms with Gasteiger partial charge in [-0.05, 0) is 66.2 Å². The monoisotopic (exact) mass is 471 g/mol. The highest BCUT2D eigenvalue weighted by atomic mass is 35.5. The molecule has 0 amide bonds. The highest BCUT2D eigenvalue weighted by molar-refractivity contribution is 7.97. The van der Waals surface area contributed by atoms with Gasteiger partial charge in [-0.1, -0.05) is 37.6 Å². The van der Waals surface area contributed by atoms with Gasteiger partial charge in [0.25, 0.3) is 0 Å². The average molecular weight is 472 g/mol. The number of hydrogen-bond acceptors (Lipinski definition) is 5. The van der Waals surface area contributed by atoms with Crippen LogP contribution in [0.25, 0.3) is 0 Å². The fourth-order valence-electron chi connectivity index (χ4n) is 5.51. The molecule has 0 spiro atoms. The lowest BCUT2D eigenvalue weighted by Gasteiger charge is -2.42. The van der Waals surface area contributed by atoms with Crippen LogP contribution < -0.4 is 4.90 Å². The Bertz CT molecular complexity index is 938. The van der Waals surface area contributed by atoms with Crippen LogP contribution in [0.15, 0.2) is 47.4 Å². The van der Waals surface area contributed by atoms with Crippen LogP contribution in [0.5, 0.6) is 0 Å². The van der Waals surface area contributed by atoms with Gasteiger partial charge in [0, 0.05) is 66.3 Å². The van der Waals surface area contributed by atoms with Crippen molar-refractivity contribution in [1.82, 2.24) is 9.21 Å². The summed E-state index contributed by atoms with van der Waals surface area (Å²) in [4.78, 5) is 6.44. The Morgan fingerprint density at radius 2 is 1.78 bits per heavy atom. The molecule has 172 valence electrons. The molecule has 0 unspecified atom stereocenters. The van der Waals surface area contributed by atoms with Crippen molar-refractivity contribution in [3.8, 4) is 0 Å². The average Bonchev–Trinajstić information content (AvgIpc) is 2.79. The van der Waals surface area contributed by atoms with Gasteiger partial charge >= 0.3 is 0 Å². The quantitative estimate of drug-likeness (QED) is 0.551. The van der Waals surface area contributed by atoms with E-state index in [1.807, 2.05) is 24.1 Å². The van der Waals surface area contributed by atoms with Crippen LogP contribution in [-0.4, -0.2) is 61.2 Å². The van der Waals surface area contributed by atoms with Crippen molar-refractivity contribution in [2.75, 3.05) is 50.8 Å². The van der Waals surface area contributed by atoms with Crippen LogP contribution in [0, 0.1) is 0 Å². The minimum absolute atomic E-state index is 0.126. The number of halogens is 1. The van der Waals surface area contributed by atoms with Crippen LogP contribution in [0.2, 0.25) is 5.02 Å². The van der Waals surface area contributed by atoms with Gasteiger partial charge in [0.1, 0.15) is 0 Å². The molecule has 0 radical (unpaired) electrons. The van der Waals surface area contributed by atoms with Crippen molar-refractivity contribution in [2.24, 2.45) is 0 Å². The van der Waals surface area contributed by atoms with Gasteiger partial charge in [0.05, 0.1) is 13.2 Å². The third-order valence-corrected chi connectivity index (χ3v) is 8.37. The zero-order chi connectivity index (χ0) is 22.1. The summed E-state index contributed by atoms with van der Waals surface area (Å²) in [6, 6.07) is 16.1. The minimum Gasteiger partial charge on any atom is -0.379 e. The van der Waals surface area contributed by atoms with Crippen molar-refractivity contribution in [1.29, 1.82) is 0 Å². The molecule has 0 saturated carbocycles. The Morgan fingerprint density at radius 3 is 2.53 bits per heavy atom. The van der Waals surface area contributed by atoms with E-state index in [9.17, 15) is 0 Å². The maximum Gasteiger partial charge on any atom is 0.0594 e. The molecule has 0 N–H and O–H groups in total. The molecule has 32 heavy (non-hydrogen) atoms. The van der Waals surface area contributed by atoms with E-state index in [0.29, 0.717) is 0 Å². The van der Waals surface area contributed by atoms with Gasteiger partial charge in [0.15, 0.2) is 0 Å². The Balaban J connectivity index is 1.28. The summed E-state index contributed by atoms with van der Waals surface area (Å²) < 4.78 is 8.03. The number of ether oxygens (including phenoxy) is 1. The molecule has 6 heteroatoms. The van der Waals surface area contributed by atoms with Crippen LogP contribution in [0.3, 0.4) is 0 Å². The van der Waals surface area contributed by atoms with E-state index < -0.39 is 0 Å². The maximum atomic E-state index is 6.22. The van der Waals surface area contributed by atoms with Crippen molar-refractivity contribution >= 4 is 29.2 Å². The summed E-state index contributed by atoms with van der Waals surface area (Å²) in [5, 5.41) is 0.800. The third-order valence-electron chi connectivity index (χ3n) is 7.16. The molecule has 2 saturated heterocycles. The summed E-state index contributed by atoms with van der Waals surface area (Å²) in [5.74, 6) is 0. The lowest BCUT2D eigenvalue weighted by Crippen LogP contribution is -2.49. The number of hydrogen-bond donors (Lipinski definition) is 0. The smallest absolute Gasteiger partial charge is 0.0594 e. The first-order valence-electron chi connectivity index (χ1n) is 11.9. The maximum absolute atomic E-state index is 6.22. The first kappa shape index (κ1) is 22.5. The standard InChI is InChI=1S/C26H34ClN3OS/c1-26(2)19-30(32-24-5-3-4-21(27)17-24)18-20-16-23(6-7-25(20)26)28-10-8-22(9-11-28)29-12-14-31-15-13-29/h3-7,16-17,22H,8-15,18-19H2,1-2H3. The number of rotatable bonds is 4. The number of benzene rings is 2. The normalized spacial score (nSPS) is 22.7. The second-order valence-electron chi connectivity index (χ2n) is 9.94. The van der Waals surface area contributed by atoms with Gasteiger partial charge in [0.2, 0.25) is 0 Å². The molecule has 2 aromatic carbocycles. The third kappa shape index (κ3) is 4.97. The van der Waals surface area contributed by atoms with Crippen LogP contribution in [0.4, 0.5) is 5.69 Å². The number of piperidine rings is 1. The predicted molar refractivity (Wildman–Crippen MR) is 135 cm³/mol. The molecule has 5 rings (SSSR count). The molecule has 2 aromatic rings. The SMILES string of the molecule is CC1(C)CN(Sc2cccc(Cl)c2)Cc2cc(N3CCC(N4CCOCC4)CC3)ccc21. The fraction of sp³-hybridized carbons (Fsp3) is 0.538. The van der Waals surface area contributed by atoms with E-state index in [-0.39, 0.29) is 5.41 Å². The zero-order valence-electron chi connectivity index (χ0n) is 19.2. The minimum atomic E-state index is 0.126. The molecule has 3 heterocycles. The van der Waals surface area contributed by atoms with Crippen molar-refractivity contribution in [3.63, 3.8) is 0 Å². The van der Waals surface area contributed by atoms with Crippen molar-refractivity contribution in [3.05, 3.63) is 58.6 Å². The Kier molecular flexibility index (Phi) is 6.73. The summed E-state index contributed by atoms with van der Waals surface area (Å²) in [6.45, 7) is 13.0. The van der Waals surface area contributed by atoms with E-state index in [0.717, 1.165) is 63.5 Å². The molecule has 0 atom stereocenters. The van der Waals surface area contributed by atoms with Crippen molar-refractivity contribution in [2.45, 2.75) is 49.6 Å². The number of anilines is 1. The Labute approximate surface area is 202 Å². The molecule has 0 aromatic heterocycles. The topological polar surface area (TPSA) is 19.0 Å². The van der Waals surface area contributed by atoms with E-state index in [2.05, 4.69) is 58.3 Å². The number of nitrogens with zero attached hydrogens (tertiary/aromatic N) is 3. The first-order chi connectivity index (χ1) is 15.5. The van der Waals surface area contributed by atoms with Crippen LogP contribution in [-0.2, 0) is 16.7 Å². The largest absolute Gasteiger partial charge is 0.379 e. The summed E-state index contributed by atoms with van der Waals surface area (Å²) in [6.07, 6.45) is 2.50. The zero-order valence-corrected chi connectivity index (χ0v) is 20.8. The van der Waals surface area contributed by atoms with Gasteiger partial charge in [-0.15, -0.1) is 0 Å². The number of fused-ring (bicyclic) bond motifs is 1. The van der Waals surface area contributed by atoms with Gasteiger partial charge < -0.3 is 9.64 Å². The second-order valence-corrected chi connectivity index (χ2v) is 11.5. The Morgan fingerprint density at radius 1 is 1.00 bits per heavy atom. The van der Waals surface area contributed by atoms with Gasteiger partial charge in [-0.2, -0.15) is 0 Å². The lowest BCUT2D eigenvalue weighted by molar-refractivity contribution is 0.0115. The van der Waals surface area contributed by atoms with Gasteiger partial charge in [-0.3, -0.25) is 4.90 Å². The molecule has 2 fully saturated rings. The predicted octanol–water partition coefficient (Wildman–Crippen LogP) is 5.44. The molecular weight excluding hydrogens is 438 g/mol. The van der Waals surface area contributed by atoms with Crippen LogP contribution in [0.1, 0.15) is 37.8 Å². The first-order valence-corrected chi connectivity index (χ1v) is 13.0. The van der Waals surface area contributed by atoms with E-state index in [1.54, 1.807) is 0 Å². The second kappa shape index (κ2) is 9.55. The highest BCUT2D eigenvalue weighted by Gasteiger charge is 2.33. The van der Waals surface area contributed by atoms with E-state index in [4.69, 9.17) is 16.3 Å². The fourth-order valence-corrected chi connectivity index (χ4v) is 6.97. The molecule has 3 aliphatic rings. The molecule has 3 aliphatic heterocycles. The summed E-state index contributed by atoms with van der Waals surface area (Å²) in [5.41, 5.74) is 4.46. The molecule has 4 nitrogen and oxygen atoms in total. The molecular formula is C26H34ClN3OS. The summed E-state index contributed by atoms with van der Waals surface area (Å²) in [7, 11) is 0. The summed E-state index contributed by atoms with van der Waals surface area (Å²) >= 11 is 8.04. The molecule has 0 bridgehead atoms. The lowest BCUT2D eigenvalue weighted by atomic mass is 9.79. The number of morpholine rings is 1. The van der Waals surface area contributed by atoms with Gasteiger partial charge in [-0.25, -0.2) is 4.31 Å². The van der Waals surface area contributed by atoms with Crippen LogP contribution >= 0.6 is 23.5 Å². The van der Waals surface area contributed by atoms with Crippen molar-refractivity contribution < 1.29 is 4.74 Å². The van der Waals surface area contributed by atoms with E-state index >= 15 is 0 Å².